The molecule has 3 aromatic rings. The third kappa shape index (κ3) is 4.20. The fourth-order valence-corrected chi connectivity index (χ4v) is 3.97. The first-order valence-electron chi connectivity index (χ1n) is 10.2. The van der Waals surface area contributed by atoms with E-state index in [2.05, 4.69) is 21.9 Å². The molecule has 0 aliphatic carbocycles. The van der Waals surface area contributed by atoms with Crippen molar-refractivity contribution in [1.29, 1.82) is 0 Å². The highest BCUT2D eigenvalue weighted by atomic mass is 19.1. The Hall–Kier alpha value is -2.40. The van der Waals surface area contributed by atoms with Crippen LogP contribution in [0.1, 0.15) is 31.2 Å². The molecule has 148 valence electrons. The highest BCUT2D eigenvalue weighted by Crippen LogP contribution is 2.27. The van der Waals surface area contributed by atoms with E-state index < -0.39 is 0 Å². The van der Waals surface area contributed by atoms with Crippen molar-refractivity contribution in [3.63, 3.8) is 0 Å². The zero-order valence-corrected chi connectivity index (χ0v) is 16.7. The number of nitrogens with zero attached hydrogens (tertiary/aromatic N) is 2. The largest absolute Gasteiger partial charge is 0.494 e. The number of benzene rings is 2. The maximum absolute atomic E-state index is 13.8. The number of hydrogen-bond acceptors (Lipinski definition) is 3. The van der Waals surface area contributed by atoms with Gasteiger partial charge in [0.05, 0.1) is 17.6 Å². The van der Waals surface area contributed by atoms with Crippen LogP contribution in [-0.2, 0) is 0 Å². The zero-order valence-electron chi connectivity index (χ0n) is 16.7. The molecule has 1 aromatic heterocycles. The molecular weight excluding hydrogens is 353 g/mol. The lowest BCUT2D eigenvalue weighted by atomic mass is 9.93. The van der Waals surface area contributed by atoms with E-state index in [1.165, 1.54) is 38.4 Å². The Kier molecular flexibility index (Phi) is 5.62. The van der Waals surface area contributed by atoms with Gasteiger partial charge in [-0.25, -0.2) is 9.37 Å². The number of likely N-dealkylation sites (tertiary alicyclic amines) is 1. The Labute approximate surface area is 165 Å². The molecule has 2 aromatic carbocycles. The van der Waals surface area contributed by atoms with Gasteiger partial charge >= 0.3 is 0 Å². The lowest BCUT2D eigenvalue weighted by molar-refractivity contribution is 0.200. The number of ether oxygens (including phenoxy) is 1. The summed E-state index contributed by atoms with van der Waals surface area (Å²) in [5, 5.41) is 0. The van der Waals surface area contributed by atoms with Crippen LogP contribution < -0.4 is 4.74 Å². The average molecular weight is 381 g/mol. The minimum Gasteiger partial charge on any atom is -0.494 e. The van der Waals surface area contributed by atoms with Gasteiger partial charge in [0.25, 0.3) is 0 Å². The van der Waals surface area contributed by atoms with Crippen molar-refractivity contribution < 1.29 is 9.13 Å². The van der Waals surface area contributed by atoms with Crippen molar-refractivity contribution in [3.8, 4) is 17.1 Å². The number of H-pyrrole nitrogens is 1. The van der Waals surface area contributed by atoms with Gasteiger partial charge in [-0.3, -0.25) is 0 Å². The van der Waals surface area contributed by atoms with E-state index in [1.54, 1.807) is 13.0 Å². The van der Waals surface area contributed by atoms with Crippen LogP contribution in [0.5, 0.6) is 5.75 Å². The van der Waals surface area contributed by atoms with Crippen LogP contribution >= 0.6 is 0 Å². The molecule has 1 fully saturated rings. The number of fused-ring (bicyclic) bond motifs is 1. The van der Waals surface area contributed by atoms with Crippen molar-refractivity contribution >= 4 is 11.0 Å². The summed E-state index contributed by atoms with van der Waals surface area (Å²) in [6.45, 7) is 4.93. The second kappa shape index (κ2) is 8.31. The Morgan fingerprint density at radius 1 is 1.21 bits per heavy atom. The topological polar surface area (TPSA) is 41.1 Å². The van der Waals surface area contributed by atoms with Gasteiger partial charge in [-0.2, -0.15) is 0 Å². The number of nitrogens with one attached hydrogen (secondary N) is 1. The molecule has 28 heavy (non-hydrogen) atoms. The van der Waals surface area contributed by atoms with Gasteiger partial charge in [0.2, 0.25) is 0 Å². The van der Waals surface area contributed by atoms with E-state index in [0.717, 1.165) is 41.6 Å². The summed E-state index contributed by atoms with van der Waals surface area (Å²) in [5.74, 6) is 2.20. The second-order valence-electron chi connectivity index (χ2n) is 7.92. The van der Waals surface area contributed by atoms with E-state index in [0.29, 0.717) is 11.1 Å². The summed E-state index contributed by atoms with van der Waals surface area (Å²) < 4.78 is 19.8. The van der Waals surface area contributed by atoms with Crippen molar-refractivity contribution in [2.75, 3.05) is 26.7 Å². The molecule has 0 radical (unpaired) electrons. The quantitative estimate of drug-likeness (QED) is 0.598. The van der Waals surface area contributed by atoms with Gasteiger partial charge in [0.1, 0.15) is 17.4 Å². The summed E-state index contributed by atoms with van der Waals surface area (Å²) >= 11 is 0. The highest BCUT2D eigenvalue weighted by molar-refractivity contribution is 5.82. The summed E-state index contributed by atoms with van der Waals surface area (Å²) in [6.07, 6.45) is 4.93. The van der Waals surface area contributed by atoms with Gasteiger partial charge in [-0.05, 0) is 82.9 Å². The number of imidazole rings is 1. The average Bonchev–Trinajstić information content (AvgIpc) is 3.15. The Bertz CT molecular complexity index is 944. The second-order valence-corrected chi connectivity index (χ2v) is 7.92. The number of halogens is 1. The number of aromatic nitrogens is 2. The summed E-state index contributed by atoms with van der Waals surface area (Å²) in [4.78, 5) is 10.3. The maximum atomic E-state index is 13.8. The van der Waals surface area contributed by atoms with E-state index in [4.69, 9.17) is 4.74 Å². The van der Waals surface area contributed by atoms with Gasteiger partial charge in [0, 0.05) is 11.1 Å². The number of rotatable bonds is 6. The van der Waals surface area contributed by atoms with Crippen LogP contribution in [0.25, 0.3) is 22.4 Å². The monoisotopic (exact) mass is 381 g/mol. The van der Waals surface area contributed by atoms with Gasteiger partial charge in [0.15, 0.2) is 0 Å². The van der Waals surface area contributed by atoms with Gasteiger partial charge in [-0.15, -0.1) is 0 Å². The molecule has 0 spiro atoms. The lowest BCUT2D eigenvalue weighted by Gasteiger charge is -2.28. The molecule has 0 bridgehead atoms. The number of hydrogen-bond donors (Lipinski definition) is 1. The number of aryl methyl sites for hydroxylation is 1. The van der Waals surface area contributed by atoms with E-state index in [9.17, 15) is 4.39 Å². The standard InChI is InChI=1S/C23H28FN3O/c1-16-20(24)8-9-21-22(16)26-23(25-21)18-6-3-7-19(15-18)28-14-4-5-17-10-12-27(2)13-11-17/h3,6-9,15,17H,4-5,10-14H2,1-2H3,(H,25,26). The molecule has 4 rings (SSSR count). The zero-order chi connectivity index (χ0) is 19.5. The molecule has 0 atom stereocenters. The normalized spacial score (nSPS) is 16.0. The number of aromatic amines is 1. The fourth-order valence-electron chi connectivity index (χ4n) is 3.97. The summed E-state index contributed by atoms with van der Waals surface area (Å²) in [6, 6.07) is 11.2. The van der Waals surface area contributed by atoms with Gasteiger partial charge in [-0.1, -0.05) is 12.1 Å². The van der Waals surface area contributed by atoms with E-state index in [1.807, 2.05) is 24.3 Å². The van der Waals surface area contributed by atoms with Crippen molar-refractivity contribution in [3.05, 3.63) is 47.8 Å². The number of piperidine rings is 1. The lowest BCUT2D eigenvalue weighted by Crippen LogP contribution is -2.30. The Morgan fingerprint density at radius 2 is 2.04 bits per heavy atom. The van der Waals surface area contributed by atoms with Crippen LogP contribution in [0.3, 0.4) is 0 Å². The molecule has 4 nitrogen and oxygen atoms in total. The predicted molar refractivity (Wildman–Crippen MR) is 111 cm³/mol. The van der Waals surface area contributed by atoms with Gasteiger partial charge < -0.3 is 14.6 Å². The van der Waals surface area contributed by atoms with Crippen LogP contribution in [0, 0.1) is 18.7 Å². The maximum Gasteiger partial charge on any atom is 0.138 e. The Balaban J connectivity index is 1.37. The third-order valence-corrected chi connectivity index (χ3v) is 5.81. The molecule has 5 heteroatoms. The highest BCUT2D eigenvalue weighted by Gasteiger charge is 2.16. The SMILES string of the molecule is Cc1c(F)ccc2[nH]c(-c3cccc(OCCCC4CCN(C)CC4)c3)nc12. The predicted octanol–water partition coefficient (Wildman–Crippen LogP) is 5.18. The Morgan fingerprint density at radius 3 is 2.86 bits per heavy atom. The van der Waals surface area contributed by atoms with Crippen LogP contribution in [0.15, 0.2) is 36.4 Å². The first kappa shape index (κ1) is 18.9. The minimum absolute atomic E-state index is 0.229. The molecule has 2 heterocycles. The fraction of sp³-hybridized carbons (Fsp3) is 0.435. The van der Waals surface area contributed by atoms with Crippen molar-refractivity contribution in [2.45, 2.75) is 32.6 Å². The molecule has 1 aliphatic rings. The molecule has 1 N–H and O–H groups in total. The van der Waals surface area contributed by atoms with Crippen LogP contribution in [-0.4, -0.2) is 41.6 Å². The van der Waals surface area contributed by atoms with Crippen molar-refractivity contribution in [2.24, 2.45) is 5.92 Å². The molecule has 1 aliphatic heterocycles. The molecule has 1 saturated heterocycles. The molecular formula is C23H28FN3O. The third-order valence-electron chi connectivity index (χ3n) is 5.81. The van der Waals surface area contributed by atoms with Crippen molar-refractivity contribution in [1.82, 2.24) is 14.9 Å². The summed E-state index contributed by atoms with van der Waals surface area (Å²) in [5.41, 5.74) is 3.04. The van der Waals surface area contributed by atoms with Crippen LogP contribution in [0.2, 0.25) is 0 Å². The summed E-state index contributed by atoms with van der Waals surface area (Å²) in [7, 11) is 2.20. The molecule has 0 unspecified atom stereocenters. The smallest absolute Gasteiger partial charge is 0.138 e. The van der Waals surface area contributed by atoms with E-state index in [-0.39, 0.29) is 5.82 Å². The first-order valence-corrected chi connectivity index (χ1v) is 10.2. The molecule has 0 amide bonds. The van der Waals surface area contributed by atoms with E-state index >= 15 is 0 Å². The molecule has 0 saturated carbocycles. The van der Waals surface area contributed by atoms with Crippen LogP contribution in [0.4, 0.5) is 4.39 Å². The minimum atomic E-state index is -0.229. The first-order chi connectivity index (χ1) is 13.6.